The first kappa shape index (κ1) is 34.0. The van der Waals surface area contributed by atoms with Gasteiger partial charge in [0.1, 0.15) is 18.4 Å². The molecule has 2 amide bonds. The van der Waals surface area contributed by atoms with Crippen molar-refractivity contribution < 1.29 is 31.9 Å². The summed E-state index contributed by atoms with van der Waals surface area (Å²) >= 11 is 12.9. The molecule has 0 aromatic heterocycles. The van der Waals surface area contributed by atoms with Gasteiger partial charge in [0.25, 0.3) is 10.0 Å². The summed E-state index contributed by atoms with van der Waals surface area (Å²) in [6, 6.07) is 12.3. The molecule has 1 atom stereocenters. The molecule has 3 rings (SSSR count). The third kappa shape index (κ3) is 8.10. The minimum Gasteiger partial charge on any atom is -0.493 e. The van der Waals surface area contributed by atoms with Gasteiger partial charge in [-0.2, -0.15) is 0 Å². The molecule has 0 fully saturated rings. The molecular weight excluding hydrogens is 620 g/mol. The van der Waals surface area contributed by atoms with Gasteiger partial charge in [0.15, 0.2) is 11.5 Å². The number of benzene rings is 3. The highest BCUT2D eigenvalue weighted by atomic mass is 35.5. The van der Waals surface area contributed by atoms with E-state index in [0.29, 0.717) is 11.3 Å². The Morgan fingerprint density at radius 1 is 0.953 bits per heavy atom. The number of methoxy groups -OCH3 is 2. The highest BCUT2D eigenvalue weighted by Crippen LogP contribution is 2.33. The van der Waals surface area contributed by atoms with Gasteiger partial charge in [-0.25, -0.2) is 12.8 Å². The van der Waals surface area contributed by atoms with Gasteiger partial charge >= 0.3 is 0 Å². The van der Waals surface area contributed by atoms with Crippen molar-refractivity contribution in [2.24, 2.45) is 0 Å². The highest BCUT2D eigenvalue weighted by Gasteiger charge is 2.35. The summed E-state index contributed by atoms with van der Waals surface area (Å²) in [6.45, 7) is 4.41. The second-order valence-corrected chi connectivity index (χ2v) is 12.5. The number of nitrogens with zero attached hydrogens (tertiary/aromatic N) is 2. The average molecular weight is 655 g/mol. The van der Waals surface area contributed by atoms with Crippen LogP contribution < -0.4 is 19.1 Å². The van der Waals surface area contributed by atoms with E-state index in [2.05, 4.69) is 5.32 Å². The summed E-state index contributed by atoms with van der Waals surface area (Å²) in [5.74, 6) is -1.28. The first-order valence-electron chi connectivity index (χ1n) is 13.4. The third-order valence-corrected chi connectivity index (χ3v) is 9.02. The zero-order chi connectivity index (χ0) is 31.9. The summed E-state index contributed by atoms with van der Waals surface area (Å²) in [5.41, 5.74) is 0.422. The average Bonchev–Trinajstić information content (AvgIpc) is 2.96. The van der Waals surface area contributed by atoms with Crippen LogP contribution >= 0.6 is 23.2 Å². The van der Waals surface area contributed by atoms with E-state index in [1.165, 1.54) is 49.5 Å². The van der Waals surface area contributed by atoms with Gasteiger partial charge in [-0.05, 0) is 68.8 Å². The Morgan fingerprint density at radius 2 is 1.56 bits per heavy atom. The molecule has 3 aromatic rings. The van der Waals surface area contributed by atoms with E-state index in [-0.39, 0.29) is 45.4 Å². The van der Waals surface area contributed by atoms with Gasteiger partial charge < -0.3 is 19.7 Å². The predicted octanol–water partition coefficient (Wildman–Crippen LogP) is 5.68. The zero-order valence-corrected chi connectivity index (χ0v) is 26.8. The summed E-state index contributed by atoms with van der Waals surface area (Å²) in [5, 5.41) is 3.37. The number of nitrogens with one attached hydrogen (secondary N) is 1. The van der Waals surface area contributed by atoms with E-state index < -0.39 is 40.2 Å². The minimum atomic E-state index is -4.44. The van der Waals surface area contributed by atoms with Crippen molar-refractivity contribution in [3.8, 4) is 11.5 Å². The molecule has 3 aromatic carbocycles. The van der Waals surface area contributed by atoms with Gasteiger partial charge in [0.05, 0.1) is 24.8 Å². The van der Waals surface area contributed by atoms with Gasteiger partial charge in [0, 0.05) is 34.3 Å². The molecule has 0 radical (unpaired) electrons. The number of carbonyl (C=O) groups excluding carboxylic acids is 2. The standard InChI is InChI=1S/C30H34Cl2FN3O6S/c1-6-26(30(38)34-19(2)3)35(17-23-24(31)8-7-9-25(23)32)29(37)18-36(21-12-10-20(33)11-13-21)43(39,40)22-14-15-27(41-4)28(16-22)42-5/h7-16,19,26H,6,17-18H2,1-5H3,(H,34,38). The molecule has 0 bridgehead atoms. The summed E-state index contributed by atoms with van der Waals surface area (Å²) in [7, 11) is -1.67. The molecule has 0 aliphatic heterocycles. The number of carbonyl (C=O) groups is 2. The smallest absolute Gasteiger partial charge is 0.264 e. The maximum Gasteiger partial charge on any atom is 0.264 e. The second kappa shape index (κ2) is 14.8. The number of rotatable bonds is 13. The normalized spacial score (nSPS) is 12.0. The van der Waals surface area contributed by atoms with E-state index in [0.717, 1.165) is 16.4 Å². The van der Waals surface area contributed by atoms with Crippen molar-refractivity contribution in [2.45, 2.75) is 50.7 Å². The van der Waals surface area contributed by atoms with Crippen LogP contribution in [0.3, 0.4) is 0 Å². The number of halogens is 3. The minimum absolute atomic E-state index is 0.0277. The maximum atomic E-state index is 14.1. The van der Waals surface area contributed by atoms with Crippen LogP contribution in [-0.4, -0.2) is 58.0 Å². The molecule has 43 heavy (non-hydrogen) atoms. The monoisotopic (exact) mass is 653 g/mol. The van der Waals surface area contributed by atoms with Crippen LogP contribution in [0.1, 0.15) is 32.8 Å². The molecule has 9 nitrogen and oxygen atoms in total. The number of sulfonamides is 1. The Labute approximate surface area is 261 Å². The molecule has 0 spiro atoms. The molecule has 1 N–H and O–H groups in total. The molecule has 0 saturated carbocycles. The molecule has 0 aliphatic carbocycles. The number of anilines is 1. The van der Waals surface area contributed by atoms with Gasteiger partial charge in [0.2, 0.25) is 11.8 Å². The Morgan fingerprint density at radius 3 is 2.09 bits per heavy atom. The first-order chi connectivity index (χ1) is 20.3. The summed E-state index contributed by atoms with van der Waals surface area (Å²) < 4.78 is 53.4. The third-order valence-electron chi connectivity index (χ3n) is 6.54. The Balaban J connectivity index is 2.14. The molecule has 0 saturated heterocycles. The molecule has 0 heterocycles. The molecular formula is C30H34Cl2FN3O6S. The lowest BCUT2D eigenvalue weighted by Gasteiger charge is -2.34. The number of hydrogen-bond acceptors (Lipinski definition) is 6. The van der Waals surface area contributed by atoms with Crippen molar-refractivity contribution in [3.63, 3.8) is 0 Å². The topological polar surface area (TPSA) is 105 Å². The fraction of sp³-hybridized carbons (Fsp3) is 0.333. The van der Waals surface area contributed by atoms with Crippen LogP contribution in [-0.2, 0) is 26.2 Å². The molecule has 232 valence electrons. The summed E-state index contributed by atoms with van der Waals surface area (Å²) in [4.78, 5) is 28.5. The van der Waals surface area contributed by atoms with Gasteiger partial charge in [-0.1, -0.05) is 36.2 Å². The van der Waals surface area contributed by atoms with E-state index in [9.17, 15) is 22.4 Å². The largest absolute Gasteiger partial charge is 0.493 e. The molecule has 1 unspecified atom stereocenters. The van der Waals surface area contributed by atoms with Crippen LogP contribution in [0.2, 0.25) is 10.0 Å². The summed E-state index contributed by atoms with van der Waals surface area (Å²) in [6.07, 6.45) is 0.214. The van der Waals surface area contributed by atoms with Gasteiger partial charge in [-0.3, -0.25) is 13.9 Å². The van der Waals surface area contributed by atoms with Crippen molar-refractivity contribution in [1.82, 2.24) is 10.2 Å². The zero-order valence-electron chi connectivity index (χ0n) is 24.4. The second-order valence-electron chi connectivity index (χ2n) is 9.81. The van der Waals surface area contributed by atoms with Crippen molar-refractivity contribution >= 4 is 50.7 Å². The van der Waals surface area contributed by atoms with Crippen molar-refractivity contribution in [1.29, 1.82) is 0 Å². The number of hydrogen-bond donors (Lipinski definition) is 1. The fourth-order valence-corrected chi connectivity index (χ4v) is 6.34. The van der Waals surface area contributed by atoms with Crippen LogP contribution in [0.5, 0.6) is 11.5 Å². The Kier molecular flexibility index (Phi) is 11.7. The van der Waals surface area contributed by atoms with Crippen LogP contribution in [0.25, 0.3) is 0 Å². The first-order valence-corrected chi connectivity index (χ1v) is 15.6. The Bertz CT molecular complexity index is 1530. The van der Waals surface area contributed by atoms with Crippen LogP contribution in [0.4, 0.5) is 10.1 Å². The lowest BCUT2D eigenvalue weighted by atomic mass is 10.1. The van der Waals surface area contributed by atoms with E-state index in [1.807, 2.05) is 0 Å². The maximum absolute atomic E-state index is 14.1. The SMILES string of the molecule is CCC(C(=O)NC(C)C)N(Cc1c(Cl)cccc1Cl)C(=O)CN(c1ccc(F)cc1)S(=O)(=O)c1ccc(OC)c(OC)c1. The molecule has 0 aliphatic rings. The van der Waals surface area contributed by atoms with E-state index >= 15 is 0 Å². The number of ether oxygens (including phenoxy) is 2. The lowest BCUT2D eigenvalue weighted by molar-refractivity contribution is -0.140. The van der Waals surface area contributed by atoms with Crippen molar-refractivity contribution in [3.05, 3.63) is 82.1 Å². The highest BCUT2D eigenvalue weighted by molar-refractivity contribution is 7.92. The fourth-order valence-electron chi connectivity index (χ4n) is 4.39. The quantitative estimate of drug-likeness (QED) is 0.255. The van der Waals surface area contributed by atoms with E-state index in [4.69, 9.17) is 32.7 Å². The van der Waals surface area contributed by atoms with Crippen LogP contribution in [0, 0.1) is 5.82 Å². The Hall–Kier alpha value is -3.54. The van der Waals surface area contributed by atoms with Crippen molar-refractivity contribution in [2.75, 3.05) is 25.1 Å². The van der Waals surface area contributed by atoms with Gasteiger partial charge in [-0.15, -0.1) is 0 Å². The predicted molar refractivity (Wildman–Crippen MR) is 165 cm³/mol. The lowest BCUT2D eigenvalue weighted by Crippen LogP contribution is -2.53. The van der Waals surface area contributed by atoms with E-state index in [1.54, 1.807) is 39.0 Å². The van der Waals surface area contributed by atoms with Crippen LogP contribution in [0.15, 0.2) is 65.6 Å². The molecule has 13 heteroatoms. The number of amides is 2.